The highest BCUT2D eigenvalue weighted by atomic mass is 16.3. The van der Waals surface area contributed by atoms with E-state index in [1.54, 1.807) is 0 Å². The molecule has 0 aromatic rings. The van der Waals surface area contributed by atoms with Crippen LogP contribution in [0.15, 0.2) is 16.9 Å². The van der Waals surface area contributed by atoms with E-state index >= 15 is 0 Å². The number of urea groups is 1. The van der Waals surface area contributed by atoms with Crippen LogP contribution < -0.4 is 71.2 Å². The van der Waals surface area contributed by atoms with Crippen LogP contribution in [-0.4, -0.2) is 122 Å². The third kappa shape index (κ3) is 12.7. The molecule has 2 rings (SSSR count). The van der Waals surface area contributed by atoms with Gasteiger partial charge < -0.3 is 76.3 Å². The molecule has 2 aliphatic rings. The minimum atomic E-state index is -1.63. The van der Waals surface area contributed by atoms with Crippen LogP contribution in [0.1, 0.15) is 25.7 Å². The van der Waals surface area contributed by atoms with E-state index in [-0.39, 0.29) is 25.3 Å². The molecule has 2 aliphatic heterocycles. The van der Waals surface area contributed by atoms with Crippen molar-refractivity contribution in [3.63, 3.8) is 0 Å². The zero-order valence-electron chi connectivity index (χ0n) is 25.5. The van der Waals surface area contributed by atoms with Crippen LogP contribution in [0.5, 0.6) is 0 Å². The van der Waals surface area contributed by atoms with Gasteiger partial charge in [-0.25, -0.2) is 4.79 Å². The number of nitrogens with two attached hydrogens (primary N) is 5. The van der Waals surface area contributed by atoms with Gasteiger partial charge in [0.15, 0.2) is 5.96 Å². The van der Waals surface area contributed by atoms with Crippen molar-refractivity contribution in [3.05, 3.63) is 11.9 Å². The summed E-state index contributed by atoms with van der Waals surface area (Å²) in [6.07, 6.45) is 1.86. The van der Waals surface area contributed by atoms with Crippen LogP contribution in [0.4, 0.5) is 4.79 Å². The van der Waals surface area contributed by atoms with Gasteiger partial charge >= 0.3 is 6.03 Å². The molecule has 0 unspecified atom stereocenters. The summed E-state index contributed by atoms with van der Waals surface area (Å²) in [4.78, 5) is 93.9. The van der Waals surface area contributed by atoms with E-state index in [0.29, 0.717) is 19.4 Å². The summed E-state index contributed by atoms with van der Waals surface area (Å²) < 4.78 is 0. The summed E-state index contributed by atoms with van der Waals surface area (Å²) in [5.41, 5.74) is 27.6. The Morgan fingerprint density at radius 1 is 1.02 bits per heavy atom. The number of guanidine groups is 1. The third-order valence-electron chi connectivity index (χ3n) is 6.90. The Balaban J connectivity index is 2.45. The molecule has 0 bridgehead atoms. The van der Waals surface area contributed by atoms with Crippen molar-refractivity contribution in [1.29, 1.82) is 0 Å². The molecule has 0 spiro atoms. The van der Waals surface area contributed by atoms with Gasteiger partial charge in [-0.05, 0) is 25.8 Å². The van der Waals surface area contributed by atoms with Crippen LogP contribution in [0.2, 0.25) is 0 Å². The number of aliphatic hydroxyl groups excluding tert-OH is 1. The Morgan fingerprint density at radius 2 is 1.72 bits per heavy atom. The zero-order chi connectivity index (χ0) is 35.1. The van der Waals surface area contributed by atoms with Crippen LogP contribution in [0.3, 0.4) is 0 Å². The minimum Gasteiger partial charge on any atom is -0.394 e. The van der Waals surface area contributed by atoms with Crippen molar-refractivity contribution in [1.82, 2.24) is 42.5 Å². The number of hydrogen-bond acceptors (Lipinski definition) is 14. The first-order chi connectivity index (χ1) is 22.2. The fraction of sp³-hybridized carbons (Fsp3) is 0.600. The van der Waals surface area contributed by atoms with Gasteiger partial charge in [0.25, 0.3) is 5.91 Å². The van der Waals surface area contributed by atoms with Crippen molar-refractivity contribution in [2.45, 2.75) is 61.9 Å². The summed E-state index contributed by atoms with van der Waals surface area (Å²) >= 11 is 0. The summed E-state index contributed by atoms with van der Waals surface area (Å²) in [6, 6.07) is -8.54. The predicted molar refractivity (Wildman–Crippen MR) is 165 cm³/mol. The number of amides is 8. The number of carbonyl (C=O) groups excluding carboxylic acids is 7. The van der Waals surface area contributed by atoms with E-state index in [1.807, 2.05) is 5.32 Å². The molecule has 8 amide bonds. The quantitative estimate of drug-likeness (QED) is 0.0963. The average molecular weight is 669 g/mol. The lowest BCUT2D eigenvalue weighted by Gasteiger charge is -2.31. The first-order valence-electron chi connectivity index (χ1n) is 14.7. The molecule has 19 N–H and O–H groups in total. The second kappa shape index (κ2) is 18.8. The molecule has 6 atom stereocenters. The topological polar surface area (TPSA) is 378 Å². The zero-order valence-corrected chi connectivity index (χ0v) is 25.5. The van der Waals surface area contributed by atoms with Crippen molar-refractivity contribution in [2.24, 2.45) is 33.7 Å². The van der Waals surface area contributed by atoms with Crippen LogP contribution in [0.25, 0.3) is 0 Å². The molecule has 0 aromatic heterocycles. The standard InChI is InChI=1S/C25H44N14O8/c26-4-1-2-11(27)6-17(41)32-8-14-20(43)35-15(9-34-25(30)47)21(44)39-18(13-3-5-31-24(29)38-13)23(46)33-7-12(28)19(42)37-16(10-40)22(45)36-14/h9,11-14,16,18,40H,1-8,10,26-28H2,(H,32,41)(H,33,46)(H,35,43)(H,36,45)(H,37,42)(H,39,44)(H3,29,31,38)(H3,30,34,47)/b15-9-/t11-,12+,13-,14-,16-,18+/m0/s1. The number of hydrogen-bond donors (Lipinski definition) is 14. The molecular formula is C25H44N14O8. The number of nitrogens with zero attached hydrogens (tertiary/aromatic N) is 1. The molecule has 2 heterocycles. The van der Waals surface area contributed by atoms with Crippen LogP contribution >= 0.6 is 0 Å². The highest BCUT2D eigenvalue weighted by molar-refractivity contribution is 6.02. The predicted octanol–water partition coefficient (Wildman–Crippen LogP) is -8.23. The maximum Gasteiger partial charge on any atom is 0.316 e. The monoisotopic (exact) mass is 668 g/mol. The number of aliphatic hydroxyl groups is 1. The maximum absolute atomic E-state index is 13.5. The fourth-order valence-corrected chi connectivity index (χ4v) is 4.35. The summed E-state index contributed by atoms with van der Waals surface area (Å²) in [7, 11) is 0. The molecule has 47 heavy (non-hydrogen) atoms. The molecule has 22 nitrogen and oxygen atoms in total. The lowest BCUT2D eigenvalue weighted by molar-refractivity contribution is -0.134. The Bertz CT molecular complexity index is 1240. The molecule has 0 aliphatic carbocycles. The van der Waals surface area contributed by atoms with Crippen LogP contribution in [0, 0.1) is 0 Å². The molecule has 0 aromatic carbocycles. The van der Waals surface area contributed by atoms with Gasteiger partial charge in [-0.1, -0.05) is 0 Å². The van der Waals surface area contributed by atoms with E-state index in [1.165, 1.54) is 0 Å². The van der Waals surface area contributed by atoms with Gasteiger partial charge in [-0.3, -0.25) is 33.8 Å². The fourth-order valence-electron chi connectivity index (χ4n) is 4.35. The van der Waals surface area contributed by atoms with Crippen molar-refractivity contribution >= 4 is 47.4 Å². The number of aliphatic imine (C=N–C) groups is 1. The second-order valence-electron chi connectivity index (χ2n) is 10.7. The normalized spacial score (nSPS) is 26.3. The SMILES string of the molecule is NCCC[C@H](N)CC(=O)NC[C@@H]1NC(=O)[C@H](CO)NC(=O)[C@H](N)CNC(=O)[C@@H]([C@@H]2CCN=C(N)N2)NC(=O)/C(=C/NC(N)=O)NC1=O. The van der Waals surface area contributed by atoms with Gasteiger partial charge in [0.05, 0.1) is 12.6 Å². The summed E-state index contributed by atoms with van der Waals surface area (Å²) in [5, 5.41) is 28.7. The summed E-state index contributed by atoms with van der Waals surface area (Å²) in [6.45, 7) is -1.36. The van der Waals surface area contributed by atoms with Crippen molar-refractivity contribution in [3.8, 4) is 0 Å². The Kier molecular flexibility index (Phi) is 15.2. The van der Waals surface area contributed by atoms with E-state index in [9.17, 15) is 38.7 Å². The first kappa shape index (κ1) is 38.1. The Hall–Kier alpha value is -5.06. The van der Waals surface area contributed by atoms with Crippen LogP contribution in [-0.2, 0) is 28.8 Å². The summed E-state index contributed by atoms with van der Waals surface area (Å²) in [5.74, 6) is -5.62. The molecule has 1 saturated heterocycles. The largest absolute Gasteiger partial charge is 0.394 e. The Labute approximate surface area is 269 Å². The molecular weight excluding hydrogens is 624 g/mol. The van der Waals surface area contributed by atoms with Gasteiger partial charge in [-0.15, -0.1) is 0 Å². The molecule has 22 heteroatoms. The van der Waals surface area contributed by atoms with Gasteiger partial charge in [0, 0.05) is 38.3 Å². The minimum absolute atomic E-state index is 0.0120. The lowest BCUT2D eigenvalue weighted by Crippen LogP contribution is -2.64. The molecule has 0 radical (unpaired) electrons. The molecule has 262 valence electrons. The number of carbonyl (C=O) groups is 7. The number of primary amides is 1. The maximum atomic E-state index is 13.5. The average Bonchev–Trinajstić information content (AvgIpc) is 3.02. The van der Waals surface area contributed by atoms with E-state index < -0.39 is 103 Å². The van der Waals surface area contributed by atoms with E-state index in [0.717, 1.165) is 6.20 Å². The smallest absolute Gasteiger partial charge is 0.316 e. The van der Waals surface area contributed by atoms with E-state index in [2.05, 4.69) is 42.2 Å². The third-order valence-corrected chi connectivity index (χ3v) is 6.90. The van der Waals surface area contributed by atoms with E-state index in [4.69, 9.17) is 28.7 Å². The highest BCUT2D eigenvalue weighted by Crippen LogP contribution is 2.07. The lowest BCUT2D eigenvalue weighted by atomic mass is 10.0. The highest BCUT2D eigenvalue weighted by Gasteiger charge is 2.35. The molecule has 1 fully saturated rings. The van der Waals surface area contributed by atoms with Gasteiger partial charge in [0.1, 0.15) is 29.9 Å². The van der Waals surface area contributed by atoms with Crippen molar-refractivity contribution in [2.75, 3.05) is 32.8 Å². The first-order valence-corrected chi connectivity index (χ1v) is 14.7. The Morgan fingerprint density at radius 3 is 2.36 bits per heavy atom. The van der Waals surface area contributed by atoms with Crippen molar-refractivity contribution < 1.29 is 38.7 Å². The number of rotatable bonds is 10. The molecule has 0 saturated carbocycles. The van der Waals surface area contributed by atoms with Gasteiger partial charge in [-0.2, -0.15) is 0 Å². The second-order valence-corrected chi connectivity index (χ2v) is 10.7. The van der Waals surface area contributed by atoms with Gasteiger partial charge in [0.2, 0.25) is 29.5 Å². The number of nitrogens with one attached hydrogen (secondary N) is 8.